The Labute approximate surface area is 118 Å². The van der Waals surface area contributed by atoms with Crippen molar-refractivity contribution in [2.24, 2.45) is 0 Å². The van der Waals surface area contributed by atoms with Crippen molar-refractivity contribution in [1.82, 2.24) is 9.97 Å². The number of thiophene rings is 1. The van der Waals surface area contributed by atoms with Gasteiger partial charge < -0.3 is 10.4 Å². The average molecular weight is 295 g/mol. The second kappa shape index (κ2) is 4.97. The predicted molar refractivity (Wildman–Crippen MR) is 78.5 cm³/mol. The first-order valence-corrected chi connectivity index (χ1v) is 7.95. The van der Waals surface area contributed by atoms with Crippen LogP contribution in [-0.2, 0) is 0 Å². The highest BCUT2D eigenvalue weighted by Gasteiger charge is 2.21. The Balaban J connectivity index is 2.06. The van der Waals surface area contributed by atoms with Crippen molar-refractivity contribution in [2.45, 2.75) is 19.4 Å². The van der Waals surface area contributed by atoms with E-state index >= 15 is 0 Å². The number of hydrogen-bond acceptors (Lipinski definition) is 6. The van der Waals surface area contributed by atoms with Gasteiger partial charge in [0.2, 0.25) is 0 Å². The van der Waals surface area contributed by atoms with Crippen LogP contribution < -0.4 is 5.32 Å². The highest BCUT2D eigenvalue weighted by molar-refractivity contribution is 7.99. The lowest BCUT2D eigenvalue weighted by atomic mass is 10.2. The molecule has 1 unspecified atom stereocenters. The first-order valence-electron chi connectivity index (χ1n) is 5.98. The summed E-state index contributed by atoms with van der Waals surface area (Å²) in [6.45, 7) is 1.82. The largest absolute Gasteiger partial charge is 0.477 e. The first kappa shape index (κ1) is 12.7. The molecule has 0 amide bonds. The van der Waals surface area contributed by atoms with Crippen LogP contribution in [0.4, 0.5) is 5.82 Å². The number of hydrogen-bond donors (Lipinski definition) is 2. The van der Waals surface area contributed by atoms with Crippen molar-refractivity contribution in [3.05, 3.63) is 16.8 Å². The number of rotatable bonds is 3. The quantitative estimate of drug-likeness (QED) is 0.906. The van der Waals surface area contributed by atoms with Gasteiger partial charge in [0.25, 0.3) is 0 Å². The summed E-state index contributed by atoms with van der Waals surface area (Å²) in [5.74, 6) is 2.09. The van der Waals surface area contributed by atoms with Crippen LogP contribution >= 0.6 is 23.1 Å². The summed E-state index contributed by atoms with van der Waals surface area (Å²) in [6.07, 6.45) is 2.61. The summed E-state index contributed by atoms with van der Waals surface area (Å²) in [5, 5.41) is 13.4. The van der Waals surface area contributed by atoms with Crippen LogP contribution in [0.5, 0.6) is 0 Å². The molecule has 0 saturated carbocycles. The number of aromatic carboxylic acids is 1. The smallest absolute Gasteiger partial charge is 0.346 e. The van der Waals surface area contributed by atoms with Crippen LogP contribution in [0, 0.1) is 6.92 Å². The van der Waals surface area contributed by atoms with Crippen molar-refractivity contribution in [2.75, 3.05) is 16.8 Å². The number of carboxylic acid groups (broad SMARTS) is 1. The number of anilines is 1. The molecule has 3 rings (SSSR count). The normalized spacial score (nSPS) is 18.9. The minimum Gasteiger partial charge on any atom is -0.477 e. The Morgan fingerprint density at radius 3 is 3.05 bits per heavy atom. The number of thioether (sulfide) groups is 1. The monoisotopic (exact) mass is 295 g/mol. The number of carboxylic acids is 1. The molecule has 0 bridgehead atoms. The van der Waals surface area contributed by atoms with Gasteiger partial charge in [0.05, 0.1) is 5.39 Å². The zero-order chi connectivity index (χ0) is 13.4. The fourth-order valence-electron chi connectivity index (χ4n) is 2.23. The van der Waals surface area contributed by atoms with Gasteiger partial charge in [0.1, 0.15) is 21.9 Å². The lowest BCUT2D eigenvalue weighted by Gasteiger charge is -2.12. The average Bonchev–Trinajstić information content (AvgIpc) is 2.98. The molecule has 3 heterocycles. The SMILES string of the molecule is Cc1c(C(=O)O)sc2ncnc(NC3CCSC3)c12. The van der Waals surface area contributed by atoms with Gasteiger partial charge in [0.15, 0.2) is 0 Å². The summed E-state index contributed by atoms with van der Waals surface area (Å²) in [5.41, 5.74) is 0.751. The molecule has 1 atom stereocenters. The van der Waals surface area contributed by atoms with Crippen molar-refractivity contribution in [3.8, 4) is 0 Å². The predicted octanol–water partition coefficient (Wildman–Crippen LogP) is 2.62. The zero-order valence-corrected chi connectivity index (χ0v) is 12.0. The third-order valence-electron chi connectivity index (χ3n) is 3.19. The van der Waals surface area contributed by atoms with E-state index in [9.17, 15) is 9.90 Å². The molecule has 19 heavy (non-hydrogen) atoms. The van der Waals surface area contributed by atoms with E-state index in [-0.39, 0.29) is 0 Å². The molecule has 0 aliphatic carbocycles. The van der Waals surface area contributed by atoms with Crippen LogP contribution in [0.25, 0.3) is 10.2 Å². The Morgan fingerprint density at radius 1 is 1.53 bits per heavy atom. The van der Waals surface area contributed by atoms with E-state index in [0.717, 1.165) is 39.5 Å². The van der Waals surface area contributed by atoms with Crippen molar-refractivity contribution in [1.29, 1.82) is 0 Å². The van der Waals surface area contributed by atoms with Gasteiger partial charge in [-0.25, -0.2) is 14.8 Å². The summed E-state index contributed by atoms with van der Waals surface area (Å²) in [7, 11) is 0. The third-order valence-corrected chi connectivity index (χ3v) is 5.54. The molecule has 2 aromatic heterocycles. The molecule has 2 N–H and O–H groups in total. The number of fused-ring (bicyclic) bond motifs is 1. The molecule has 1 aliphatic heterocycles. The van der Waals surface area contributed by atoms with Gasteiger partial charge in [-0.2, -0.15) is 11.8 Å². The van der Waals surface area contributed by atoms with Crippen LogP contribution in [0.15, 0.2) is 6.33 Å². The fourth-order valence-corrected chi connectivity index (χ4v) is 4.37. The van der Waals surface area contributed by atoms with Crippen molar-refractivity contribution >= 4 is 45.1 Å². The van der Waals surface area contributed by atoms with Crippen LogP contribution in [0.3, 0.4) is 0 Å². The van der Waals surface area contributed by atoms with E-state index < -0.39 is 5.97 Å². The zero-order valence-electron chi connectivity index (χ0n) is 10.3. The van der Waals surface area contributed by atoms with Crippen molar-refractivity contribution < 1.29 is 9.90 Å². The molecule has 1 saturated heterocycles. The number of nitrogens with one attached hydrogen (secondary N) is 1. The third kappa shape index (κ3) is 2.28. The molecule has 0 aromatic carbocycles. The highest BCUT2D eigenvalue weighted by atomic mass is 32.2. The van der Waals surface area contributed by atoms with Gasteiger partial charge in [-0.3, -0.25) is 0 Å². The molecular formula is C12H13N3O2S2. The maximum absolute atomic E-state index is 11.2. The first-order chi connectivity index (χ1) is 9.16. The molecule has 7 heteroatoms. The van der Waals surface area contributed by atoms with Crippen LogP contribution in [-0.4, -0.2) is 38.6 Å². The van der Waals surface area contributed by atoms with Crippen molar-refractivity contribution in [3.63, 3.8) is 0 Å². The molecule has 1 fully saturated rings. The van der Waals surface area contributed by atoms with Gasteiger partial charge in [-0.15, -0.1) is 11.3 Å². The molecule has 2 aromatic rings. The minimum absolute atomic E-state index is 0.347. The summed E-state index contributed by atoms with van der Waals surface area (Å²) in [4.78, 5) is 20.7. The fraction of sp³-hybridized carbons (Fsp3) is 0.417. The second-order valence-electron chi connectivity index (χ2n) is 4.47. The van der Waals surface area contributed by atoms with Gasteiger partial charge in [-0.1, -0.05) is 0 Å². The van der Waals surface area contributed by atoms with E-state index in [2.05, 4.69) is 15.3 Å². The van der Waals surface area contributed by atoms with E-state index in [1.165, 1.54) is 17.7 Å². The summed E-state index contributed by atoms with van der Waals surface area (Å²) >= 11 is 3.13. The summed E-state index contributed by atoms with van der Waals surface area (Å²) < 4.78 is 0. The maximum Gasteiger partial charge on any atom is 0.346 e. The minimum atomic E-state index is -0.900. The highest BCUT2D eigenvalue weighted by Crippen LogP contribution is 2.34. The molecule has 0 spiro atoms. The number of aryl methyl sites for hydroxylation is 1. The molecule has 1 aliphatic rings. The van der Waals surface area contributed by atoms with E-state index in [4.69, 9.17) is 0 Å². The maximum atomic E-state index is 11.2. The Morgan fingerprint density at radius 2 is 2.37 bits per heavy atom. The summed E-state index contributed by atoms with van der Waals surface area (Å²) in [6, 6.07) is 0.413. The van der Waals surface area contributed by atoms with Crippen LogP contribution in [0.2, 0.25) is 0 Å². The topological polar surface area (TPSA) is 75.1 Å². The lowest BCUT2D eigenvalue weighted by Crippen LogP contribution is -2.19. The van der Waals surface area contributed by atoms with Gasteiger partial charge in [-0.05, 0) is 24.7 Å². The van der Waals surface area contributed by atoms with E-state index in [1.807, 2.05) is 18.7 Å². The Hall–Kier alpha value is -1.34. The number of nitrogens with zero attached hydrogens (tertiary/aromatic N) is 2. The molecule has 0 radical (unpaired) electrons. The molecular weight excluding hydrogens is 282 g/mol. The van der Waals surface area contributed by atoms with Crippen LogP contribution in [0.1, 0.15) is 21.7 Å². The second-order valence-corrected chi connectivity index (χ2v) is 6.62. The standard InChI is InChI=1S/C12H13N3O2S2/c1-6-8-10(15-7-2-3-18-4-7)13-5-14-11(8)19-9(6)12(16)17/h5,7H,2-4H2,1H3,(H,16,17)(H,13,14,15). The molecule has 5 nitrogen and oxygen atoms in total. The Bertz CT molecular complexity index is 635. The van der Waals surface area contributed by atoms with E-state index in [0.29, 0.717) is 10.9 Å². The van der Waals surface area contributed by atoms with E-state index in [1.54, 1.807) is 0 Å². The van der Waals surface area contributed by atoms with Gasteiger partial charge in [0, 0.05) is 11.8 Å². The number of aromatic nitrogens is 2. The lowest BCUT2D eigenvalue weighted by molar-refractivity contribution is 0.0701. The Kier molecular flexibility index (Phi) is 3.32. The van der Waals surface area contributed by atoms with Gasteiger partial charge >= 0.3 is 5.97 Å². The number of carbonyl (C=O) groups is 1. The molecule has 100 valence electrons.